The molecule has 4 aliphatic rings. The summed E-state index contributed by atoms with van der Waals surface area (Å²) < 4.78 is 11.7. The molecule has 1 aromatic rings. The summed E-state index contributed by atoms with van der Waals surface area (Å²) in [6.07, 6.45) is 8.11. The highest BCUT2D eigenvalue weighted by Gasteiger charge is 2.73. The van der Waals surface area contributed by atoms with Gasteiger partial charge in [0.1, 0.15) is 0 Å². The smallest absolute Gasteiger partial charge is 0.254 e. The van der Waals surface area contributed by atoms with Crippen LogP contribution in [0.5, 0.6) is 11.5 Å². The SMILES string of the molecule is CCOc1c(Br)cc(/C=N\N2C(=O)[C@@H]3[C@H](C2=O)[C@H]2C=C[C@H]3C23CC3)cc1OC. The Kier molecular flexibility index (Phi) is 3.95. The molecule has 5 rings (SSSR count). The molecule has 7 heteroatoms. The van der Waals surface area contributed by atoms with Crippen molar-refractivity contribution in [1.29, 1.82) is 0 Å². The van der Waals surface area contributed by atoms with Crippen molar-refractivity contribution in [2.45, 2.75) is 19.8 Å². The van der Waals surface area contributed by atoms with E-state index in [1.807, 2.05) is 13.0 Å². The quantitative estimate of drug-likeness (QED) is 0.396. The monoisotopic (exact) mass is 444 g/mol. The van der Waals surface area contributed by atoms with E-state index in [1.54, 1.807) is 13.2 Å². The number of amides is 2. The molecule has 4 atom stereocenters. The van der Waals surface area contributed by atoms with E-state index < -0.39 is 0 Å². The molecule has 2 bridgehead atoms. The number of ether oxygens (including phenoxy) is 2. The zero-order chi connectivity index (χ0) is 19.6. The first-order chi connectivity index (χ1) is 13.5. The molecule has 0 unspecified atom stereocenters. The number of fused-ring (bicyclic) bond motifs is 3. The van der Waals surface area contributed by atoms with Crippen molar-refractivity contribution >= 4 is 34.0 Å². The topological polar surface area (TPSA) is 68.2 Å². The third kappa shape index (κ3) is 2.28. The van der Waals surface area contributed by atoms with E-state index in [0.717, 1.165) is 22.3 Å². The molecule has 3 fully saturated rings. The number of allylic oxidation sites excluding steroid dienone is 2. The minimum Gasteiger partial charge on any atom is -0.493 e. The summed E-state index contributed by atoms with van der Waals surface area (Å²) in [5, 5.41) is 5.34. The highest BCUT2D eigenvalue weighted by molar-refractivity contribution is 9.10. The van der Waals surface area contributed by atoms with E-state index in [4.69, 9.17) is 9.47 Å². The fraction of sp³-hybridized carbons (Fsp3) is 0.476. The van der Waals surface area contributed by atoms with Crippen LogP contribution in [0.1, 0.15) is 25.3 Å². The number of benzene rings is 1. The highest BCUT2D eigenvalue weighted by atomic mass is 79.9. The van der Waals surface area contributed by atoms with Gasteiger partial charge in [-0.05, 0) is 70.6 Å². The fourth-order valence-electron chi connectivity index (χ4n) is 5.40. The number of hydrogen-bond acceptors (Lipinski definition) is 5. The number of halogens is 1. The van der Waals surface area contributed by atoms with Crippen LogP contribution in [-0.2, 0) is 9.59 Å². The third-order valence-corrected chi connectivity index (χ3v) is 7.28. The standard InChI is InChI=1S/C21H21BrN2O4/c1-3-28-18-14(22)8-11(9-15(18)27-2)10-23-24-19(25)16-12-4-5-13(17(16)20(24)26)21(12)6-7-21/h4-5,8-10,12-13,16-17H,3,6-7H2,1-2H3/b23-10-/t12-,13-,16-,17+/m1/s1. The number of methoxy groups -OCH3 is 1. The van der Waals surface area contributed by atoms with Crippen LogP contribution < -0.4 is 9.47 Å². The lowest BCUT2D eigenvalue weighted by atomic mass is 9.85. The molecule has 0 radical (unpaired) electrons. The molecule has 0 aromatic heterocycles. The molecular weight excluding hydrogens is 424 g/mol. The van der Waals surface area contributed by atoms with Crippen LogP contribution in [0, 0.1) is 29.1 Å². The van der Waals surface area contributed by atoms with Gasteiger partial charge in [-0.15, -0.1) is 0 Å². The Morgan fingerprint density at radius 3 is 2.39 bits per heavy atom. The molecule has 146 valence electrons. The summed E-state index contributed by atoms with van der Waals surface area (Å²) in [5.41, 5.74) is 0.911. The molecule has 0 N–H and O–H groups in total. The molecule has 6 nitrogen and oxygen atoms in total. The maximum atomic E-state index is 13.0. The normalized spacial score (nSPS) is 31.3. The highest BCUT2D eigenvalue weighted by Crippen LogP contribution is 2.73. The number of rotatable bonds is 5. The zero-order valence-electron chi connectivity index (χ0n) is 15.7. The Balaban J connectivity index is 1.40. The third-order valence-electron chi connectivity index (χ3n) is 6.69. The number of carbonyl (C=O) groups is 2. The second-order valence-electron chi connectivity index (χ2n) is 7.92. The van der Waals surface area contributed by atoms with Crippen molar-refractivity contribution in [3.05, 3.63) is 34.3 Å². The molecule has 1 saturated heterocycles. The van der Waals surface area contributed by atoms with Gasteiger partial charge in [-0.2, -0.15) is 10.1 Å². The Bertz CT molecular complexity index is 903. The van der Waals surface area contributed by atoms with Crippen LogP contribution in [-0.4, -0.2) is 36.8 Å². The van der Waals surface area contributed by atoms with Crippen molar-refractivity contribution in [1.82, 2.24) is 5.01 Å². The Hall–Kier alpha value is -2.15. The summed E-state index contributed by atoms with van der Waals surface area (Å²) in [5.74, 6) is 0.803. The summed E-state index contributed by atoms with van der Waals surface area (Å²) in [6, 6.07) is 3.60. The molecular formula is C21H21BrN2O4. The average molecular weight is 445 g/mol. The number of imide groups is 1. The summed E-state index contributed by atoms with van der Waals surface area (Å²) in [7, 11) is 1.57. The van der Waals surface area contributed by atoms with Crippen LogP contribution in [0.15, 0.2) is 33.9 Å². The first-order valence-electron chi connectivity index (χ1n) is 9.62. The number of nitrogens with zero attached hydrogens (tertiary/aromatic N) is 2. The van der Waals surface area contributed by atoms with Crippen molar-refractivity contribution in [2.24, 2.45) is 34.2 Å². The zero-order valence-corrected chi connectivity index (χ0v) is 17.3. The Labute approximate surface area is 171 Å². The van der Waals surface area contributed by atoms with Gasteiger partial charge in [-0.1, -0.05) is 12.2 Å². The van der Waals surface area contributed by atoms with E-state index in [2.05, 4.69) is 33.2 Å². The summed E-state index contributed by atoms with van der Waals surface area (Å²) in [4.78, 5) is 25.9. The van der Waals surface area contributed by atoms with Crippen LogP contribution in [0.4, 0.5) is 0 Å². The van der Waals surface area contributed by atoms with Crippen LogP contribution in [0.2, 0.25) is 0 Å². The maximum absolute atomic E-state index is 13.0. The molecule has 2 amide bonds. The van der Waals surface area contributed by atoms with Crippen molar-refractivity contribution in [2.75, 3.05) is 13.7 Å². The van der Waals surface area contributed by atoms with Crippen molar-refractivity contribution in [3.63, 3.8) is 0 Å². The lowest BCUT2D eigenvalue weighted by Crippen LogP contribution is -2.30. The van der Waals surface area contributed by atoms with Gasteiger partial charge < -0.3 is 9.47 Å². The Morgan fingerprint density at radius 1 is 1.21 bits per heavy atom. The van der Waals surface area contributed by atoms with Gasteiger partial charge in [0.15, 0.2) is 11.5 Å². The van der Waals surface area contributed by atoms with Gasteiger partial charge in [-0.3, -0.25) is 9.59 Å². The molecule has 3 aliphatic carbocycles. The summed E-state index contributed by atoms with van der Waals surface area (Å²) >= 11 is 3.48. The van der Waals surface area contributed by atoms with Gasteiger partial charge in [-0.25, -0.2) is 0 Å². The second-order valence-corrected chi connectivity index (χ2v) is 8.78. The molecule has 28 heavy (non-hydrogen) atoms. The van der Waals surface area contributed by atoms with Gasteiger partial charge in [0.2, 0.25) is 0 Å². The first-order valence-corrected chi connectivity index (χ1v) is 10.4. The van der Waals surface area contributed by atoms with E-state index in [-0.39, 0.29) is 40.9 Å². The minimum atomic E-state index is -0.233. The predicted octanol–water partition coefficient (Wildman–Crippen LogP) is 3.39. The fourth-order valence-corrected chi connectivity index (χ4v) is 5.97. The first kappa shape index (κ1) is 17.9. The minimum absolute atomic E-state index is 0.161. The van der Waals surface area contributed by atoms with Gasteiger partial charge in [0, 0.05) is 0 Å². The van der Waals surface area contributed by atoms with Gasteiger partial charge in [0.25, 0.3) is 11.8 Å². The van der Waals surface area contributed by atoms with Crippen molar-refractivity contribution < 1.29 is 19.1 Å². The molecule has 2 saturated carbocycles. The van der Waals surface area contributed by atoms with E-state index >= 15 is 0 Å². The molecule has 1 aliphatic heterocycles. The van der Waals surface area contributed by atoms with Crippen molar-refractivity contribution in [3.8, 4) is 11.5 Å². The molecule has 1 aromatic carbocycles. The van der Waals surface area contributed by atoms with Gasteiger partial charge in [0.05, 0.1) is 36.2 Å². The molecule has 1 spiro atoms. The number of hydrazone groups is 1. The van der Waals surface area contributed by atoms with Crippen LogP contribution in [0.3, 0.4) is 0 Å². The van der Waals surface area contributed by atoms with Crippen LogP contribution in [0.25, 0.3) is 0 Å². The summed E-state index contributed by atoms with van der Waals surface area (Å²) in [6.45, 7) is 2.41. The average Bonchev–Trinajstić information content (AvgIpc) is 3.28. The van der Waals surface area contributed by atoms with Crippen LogP contribution >= 0.6 is 15.9 Å². The van der Waals surface area contributed by atoms with E-state index in [0.29, 0.717) is 23.7 Å². The molecule has 1 heterocycles. The van der Waals surface area contributed by atoms with E-state index in [9.17, 15) is 9.59 Å². The second kappa shape index (κ2) is 6.17. The lowest BCUT2D eigenvalue weighted by Gasteiger charge is -2.18. The lowest BCUT2D eigenvalue weighted by molar-refractivity contribution is -0.141. The number of hydrogen-bond donors (Lipinski definition) is 0. The van der Waals surface area contributed by atoms with E-state index in [1.165, 1.54) is 6.21 Å². The van der Waals surface area contributed by atoms with Gasteiger partial charge >= 0.3 is 0 Å². The number of carbonyl (C=O) groups excluding carboxylic acids is 2. The Morgan fingerprint density at radius 2 is 1.86 bits per heavy atom. The maximum Gasteiger partial charge on any atom is 0.254 e. The predicted molar refractivity (Wildman–Crippen MR) is 106 cm³/mol. The largest absolute Gasteiger partial charge is 0.493 e.